The van der Waals surface area contributed by atoms with E-state index in [2.05, 4.69) is 193 Å². The number of hydrogen-bond donors (Lipinski definition) is 0. The van der Waals surface area contributed by atoms with Gasteiger partial charge in [0.05, 0.1) is 12.6 Å². The number of aromatic nitrogens is 3. The summed E-state index contributed by atoms with van der Waals surface area (Å²) in [5, 5.41) is 9.59. The Morgan fingerprint density at radius 1 is 0.338 bits per heavy atom. The summed E-state index contributed by atoms with van der Waals surface area (Å²) in [5.41, 5.74) is 22.5. The third-order valence-corrected chi connectivity index (χ3v) is 13.7. The molecule has 0 unspecified atom stereocenters. The van der Waals surface area contributed by atoms with Crippen LogP contribution in [-0.2, 0) is 20.1 Å². The Bertz CT molecular complexity index is 4010. The van der Waals surface area contributed by atoms with Gasteiger partial charge in [-0.2, -0.15) is 11.3 Å². The van der Waals surface area contributed by atoms with Gasteiger partial charge in [0, 0.05) is 24.2 Å². The van der Waals surface area contributed by atoms with Gasteiger partial charge >= 0.3 is 20.1 Å². The second kappa shape index (κ2) is 22.3. The molecule has 0 N–H and O–H groups in total. The summed E-state index contributed by atoms with van der Waals surface area (Å²) in [6.07, 6.45) is 5.83. The van der Waals surface area contributed by atoms with Crippen LogP contribution in [0.15, 0.2) is 255 Å². The first-order chi connectivity index (χ1) is 37.6. The third-order valence-electron chi connectivity index (χ3n) is 13.7. The van der Waals surface area contributed by atoms with E-state index in [4.69, 9.17) is 21.5 Å². The first-order valence-electron chi connectivity index (χ1n) is 24.9. The second-order valence-electron chi connectivity index (χ2n) is 18.3. The van der Waals surface area contributed by atoms with Gasteiger partial charge in [-0.05, 0) is 130 Å². The van der Waals surface area contributed by atoms with E-state index in [-0.39, 0.29) is 20.1 Å². The van der Waals surface area contributed by atoms with Crippen LogP contribution in [0, 0.1) is 36.1 Å². The van der Waals surface area contributed by atoms with Crippen molar-refractivity contribution < 1.29 is 20.1 Å². The molecule has 0 aliphatic carbocycles. The van der Waals surface area contributed by atoms with Gasteiger partial charge in [-0.1, -0.05) is 152 Å². The van der Waals surface area contributed by atoms with Crippen LogP contribution in [0.4, 0.5) is 5.69 Å². The van der Waals surface area contributed by atoms with E-state index < -0.39 is 0 Å². The quantitative estimate of drug-likeness (QED) is 0.121. The predicted molar refractivity (Wildman–Crippen MR) is 307 cm³/mol. The summed E-state index contributed by atoms with van der Waals surface area (Å²) in [6.45, 7) is 7.55. The molecule has 0 saturated heterocycles. The molecular weight excluding hydrogens is 1120 g/mol. The molecule has 12 aromatic rings. The molecule has 0 bridgehead atoms. The molecule has 9 aromatic carbocycles. The Morgan fingerprint density at radius 2 is 0.831 bits per heavy atom. The van der Waals surface area contributed by atoms with E-state index in [0.29, 0.717) is 11.3 Å². The number of pyridine rings is 3. The van der Waals surface area contributed by atoms with Crippen LogP contribution >= 0.6 is 0 Å². The van der Waals surface area contributed by atoms with Gasteiger partial charge in [0.2, 0.25) is 0 Å². The molecule has 0 saturated carbocycles. The first kappa shape index (κ1) is 49.3. The molecule has 5 nitrogen and oxygen atoms in total. The summed E-state index contributed by atoms with van der Waals surface area (Å²) in [4.78, 5) is 18.6. The Balaban J connectivity index is 0.00000631. The number of hydrogen-bond acceptors (Lipinski definition) is 4. The molecule has 0 aliphatic rings. The molecule has 0 radical (unpaired) electrons. The largest absolute Gasteiger partial charge is 3.00 e. The van der Waals surface area contributed by atoms with E-state index in [1.165, 1.54) is 0 Å². The topological polar surface area (TPSA) is 66.8 Å². The first-order valence-corrected chi connectivity index (χ1v) is 24.9. The van der Waals surface area contributed by atoms with Gasteiger partial charge in [-0.15, -0.1) is 89.5 Å². The van der Waals surface area contributed by atoms with E-state index in [9.17, 15) is 5.26 Å². The maximum atomic E-state index is 9.59. The SMILES string of the molecule is [C-]#[N+]c1cc[c-]c(-c2ccc(-c3ccccc3-c3cc(-c4ccccc4-c4ccc(-c5[c-]ccc(C#N)c5)nc4)cc(-c4ccccc4-c4cnc(-c5[c-]cccc5)cc4-c4cccc(-c5ccccc5)c4)c3)cn2)c1.[Ir+3]. The molecular formula is C71H42IrN5. The molecule has 12 rings (SSSR count). The van der Waals surface area contributed by atoms with Gasteiger partial charge in [-0.25, -0.2) is 0 Å². The molecule has 77 heavy (non-hydrogen) atoms. The summed E-state index contributed by atoms with van der Waals surface area (Å²) >= 11 is 0. The van der Waals surface area contributed by atoms with Crippen molar-refractivity contribution in [1.82, 2.24) is 15.0 Å². The summed E-state index contributed by atoms with van der Waals surface area (Å²) in [7, 11) is 0. The summed E-state index contributed by atoms with van der Waals surface area (Å²) in [6, 6.07) is 92.9. The zero-order valence-corrected chi connectivity index (χ0v) is 43.7. The van der Waals surface area contributed by atoms with Gasteiger partial charge < -0.3 is 15.0 Å². The van der Waals surface area contributed by atoms with Crippen LogP contribution in [-0.4, -0.2) is 15.0 Å². The van der Waals surface area contributed by atoms with Crippen LogP contribution in [0.25, 0.3) is 128 Å². The fourth-order valence-corrected chi connectivity index (χ4v) is 9.92. The van der Waals surface area contributed by atoms with Crippen LogP contribution in [0.2, 0.25) is 0 Å². The number of rotatable bonds is 11. The molecule has 0 amide bonds. The summed E-state index contributed by atoms with van der Waals surface area (Å²) < 4.78 is 0. The zero-order valence-electron chi connectivity index (χ0n) is 41.3. The average Bonchev–Trinajstić information content (AvgIpc) is 3.55. The van der Waals surface area contributed by atoms with E-state index in [1.807, 2.05) is 67.1 Å². The maximum absolute atomic E-state index is 9.59. The zero-order chi connectivity index (χ0) is 51.2. The van der Waals surface area contributed by atoms with Gasteiger partial charge in [0.25, 0.3) is 0 Å². The molecule has 0 spiro atoms. The van der Waals surface area contributed by atoms with Crippen molar-refractivity contribution in [3.05, 3.63) is 290 Å². The van der Waals surface area contributed by atoms with Crippen molar-refractivity contribution in [2.24, 2.45) is 0 Å². The van der Waals surface area contributed by atoms with E-state index in [0.717, 1.165) is 123 Å². The fraction of sp³-hybridized carbons (Fsp3) is 0. The van der Waals surface area contributed by atoms with Crippen molar-refractivity contribution >= 4 is 5.69 Å². The van der Waals surface area contributed by atoms with Crippen LogP contribution in [0.5, 0.6) is 0 Å². The smallest absolute Gasteiger partial charge is 0.304 e. The minimum atomic E-state index is 0. The standard InChI is InChI=1S/C71H42N5.Ir/c1-73-60-26-16-25-54(42-60)70-36-34-56(46-75-70)62-28-9-11-30-64(62)58-39-57(63-29-10-8-27-61(63)55-33-35-69(74-45-55)53-24-14-17-48(37-53)44-72)40-59(41-58)65-31-12-13-32-66(65)68-47-76-71(50-20-6-3-7-21-50)43-67(68)52-23-15-22-51(38-52)49-18-4-2-5-19-49;/h2-20,22-23,26-43,45-47H;/q-3;+3. The maximum Gasteiger partial charge on any atom is 3.00 e. The minimum absolute atomic E-state index is 0. The number of benzene rings is 9. The summed E-state index contributed by atoms with van der Waals surface area (Å²) in [5.74, 6) is 0. The Morgan fingerprint density at radius 3 is 1.40 bits per heavy atom. The molecule has 0 atom stereocenters. The molecule has 3 aromatic heterocycles. The molecule has 360 valence electrons. The van der Waals surface area contributed by atoms with E-state index in [1.54, 1.807) is 24.3 Å². The molecule has 3 heterocycles. The molecule has 0 fully saturated rings. The monoisotopic (exact) mass is 1160 g/mol. The van der Waals surface area contributed by atoms with Gasteiger partial charge in [-0.3, -0.25) is 4.85 Å². The van der Waals surface area contributed by atoms with Crippen LogP contribution < -0.4 is 0 Å². The van der Waals surface area contributed by atoms with Crippen LogP contribution in [0.1, 0.15) is 5.56 Å². The number of nitrogens with zero attached hydrogens (tertiary/aromatic N) is 5. The van der Waals surface area contributed by atoms with Crippen LogP contribution in [0.3, 0.4) is 0 Å². The van der Waals surface area contributed by atoms with Crippen molar-refractivity contribution in [2.75, 3.05) is 0 Å². The fourth-order valence-electron chi connectivity index (χ4n) is 9.92. The minimum Gasteiger partial charge on any atom is -0.304 e. The normalized spacial score (nSPS) is 10.7. The Kier molecular flexibility index (Phi) is 14.3. The number of nitriles is 1. The molecule has 0 aliphatic heterocycles. The predicted octanol–water partition coefficient (Wildman–Crippen LogP) is 18.0. The van der Waals surface area contributed by atoms with Crippen molar-refractivity contribution in [2.45, 2.75) is 0 Å². The second-order valence-corrected chi connectivity index (χ2v) is 18.3. The van der Waals surface area contributed by atoms with Crippen molar-refractivity contribution in [1.29, 1.82) is 5.26 Å². The molecule has 6 heteroatoms. The Labute approximate surface area is 462 Å². The van der Waals surface area contributed by atoms with Gasteiger partial charge in [0.1, 0.15) is 5.69 Å². The van der Waals surface area contributed by atoms with Crippen molar-refractivity contribution in [3.8, 4) is 129 Å². The third kappa shape index (κ3) is 10.3. The van der Waals surface area contributed by atoms with Crippen molar-refractivity contribution in [3.63, 3.8) is 0 Å². The van der Waals surface area contributed by atoms with E-state index >= 15 is 0 Å². The van der Waals surface area contributed by atoms with Gasteiger partial charge in [0.15, 0.2) is 0 Å². The Hall–Kier alpha value is -9.94. The average molecular weight is 1160 g/mol.